The Balaban J connectivity index is 2.08. The van der Waals surface area contributed by atoms with Gasteiger partial charge >= 0.3 is 0 Å². The minimum Gasteiger partial charge on any atom is -0.472 e. The topological polar surface area (TPSA) is 57.4 Å². The first kappa shape index (κ1) is 9.27. The van der Waals surface area contributed by atoms with Crippen LogP contribution in [-0.2, 0) is 4.74 Å². The number of pyridine rings is 1. The Morgan fingerprint density at radius 1 is 1.64 bits per heavy atom. The summed E-state index contributed by atoms with van der Waals surface area (Å²) in [7, 11) is 0. The fraction of sp³-hybridized carbons (Fsp3) is 0.500. The molecule has 2 heterocycles. The molecular weight excluding hydrogens is 180 g/mol. The molecule has 0 saturated carbocycles. The van der Waals surface area contributed by atoms with Crippen molar-refractivity contribution in [3.8, 4) is 5.88 Å². The molecule has 1 aromatic heterocycles. The first-order valence-electron chi connectivity index (χ1n) is 4.72. The fourth-order valence-corrected chi connectivity index (χ4v) is 1.47. The van der Waals surface area contributed by atoms with Crippen molar-refractivity contribution in [1.29, 1.82) is 0 Å². The predicted octanol–water partition coefficient (Wildman–Crippen LogP) is 1.14. The second kappa shape index (κ2) is 3.84. The molecule has 1 aromatic rings. The van der Waals surface area contributed by atoms with Crippen molar-refractivity contribution in [3.05, 3.63) is 17.8 Å². The summed E-state index contributed by atoms with van der Waals surface area (Å²) in [6.45, 7) is 3.37. The third kappa shape index (κ3) is 1.96. The van der Waals surface area contributed by atoms with Gasteiger partial charge in [0.1, 0.15) is 6.10 Å². The molecule has 1 aliphatic rings. The Labute approximate surface area is 83.0 Å². The van der Waals surface area contributed by atoms with Crippen LogP contribution in [0.1, 0.15) is 12.0 Å². The highest BCUT2D eigenvalue weighted by molar-refractivity contribution is 5.41. The van der Waals surface area contributed by atoms with Crippen molar-refractivity contribution < 1.29 is 9.47 Å². The second-order valence-corrected chi connectivity index (χ2v) is 3.49. The Morgan fingerprint density at radius 3 is 3.14 bits per heavy atom. The van der Waals surface area contributed by atoms with Gasteiger partial charge in [-0.2, -0.15) is 0 Å². The van der Waals surface area contributed by atoms with E-state index in [1.165, 1.54) is 0 Å². The summed E-state index contributed by atoms with van der Waals surface area (Å²) in [4.78, 5) is 4.14. The molecule has 1 aliphatic heterocycles. The van der Waals surface area contributed by atoms with Crippen LogP contribution in [0.4, 0.5) is 5.69 Å². The lowest BCUT2D eigenvalue weighted by molar-refractivity contribution is 0.137. The van der Waals surface area contributed by atoms with Crippen LogP contribution in [0.25, 0.3) is 0 Å². The minimum absolute atomic E-state index is 0.143. The number of nitrogens with two attached hydrogens (primary N) is 1. The predicted molar refractivity (Wildman–Crippen MR) is 53.2 cm³/mol. The van der Waals surface area contributed by atoms with Gasteiger partial charge in [0.25, 0.3) is 0 Å². The first-order valence-corrected chi connectivity index (χ1v) is 4.72. The zero-order valence-electron chi connectivity index (χ0n) is 8.19. The van der Waals surface area contributed by atoms with Crippen molar-refractivity contribution >= 4 is 5.69 Å². The monoisotopic (exact) mass is 194 g/mol. The summed E-state index contributed by atoms with van der Waals surface area (Å²) < 4.78 is 10.9. The van der Waals surface area contributed by atoms with Crippen LogP contribution in [0.3, 0.4) is 0 Å². The Kier molecular flexibility index (Phi) is 2.54. The van der Waals surface area contributed by atoms with Crippen LogP contribution in [0.5, 0.6) is 5.88 Å². The van der Waals surface area contributed by atoms with E-state index in [-0.39, 0.29) is 6.10 Å². The third-order valence-electron chi connectivity index (χ3n) is 2.22. The Hall–Kier alpha value is -1.29. The summed E-state index contributed by atoms with van der Waals surface area (Å²) in [6.07, 6.45) is 2.69. The van der Waals surface area contributed by atoms with Gasteiger partial charge in [0.2, 0.25) is 5.88 Å². The van der Waals surface area contributed by atoms with Crippen LogP contribution >= 0.6 is 0 Å². The lowest BCUT2D eigenvalue weighted by Gasteiger charge is -2.12. The third-order valence-corrected chi connectivity index (χ3v) is 2.22. The van der Waals surface area contributed by atoms with E-state index in [0.717, 1.165) is 18.6 Å². The average Bonchev–Trinajstić information content (AvgIpc) is 2.62. The van der Waals surface area contributed by atoms with Crippen molar-refractivity contribution in [2.75, 3.05) is 18.9 Å². The number of rotatable bonds is 2. The summed E-state index contributed by atoms with van der Waals surface area (Å²) in [5.74, 6) is 0.662. The highest BCUT2D eigenvalue weighted by atomic mass is 16.5. The molecule has 76 valence electrons. The number of aromatic nitrogens is 1. The van der Waals surface area contributed by atoms with E-state index in [1.807, 2.05) is 13.0 Å². The maximum absolute atomic E-state index is 5.67. The average molecular weight is 194 g/mol. The molecule has 0 amide bonds. The number of anilines is 1. The molecular formula is C10H14N2O2. The highest BCUT2D eigenvalue weighted by Gasteiger charge is 2.18. The van der Waals surface area contributed by atoms with Gasteiger partial charge in [-0.15, -0.1) is 0 Å². The molecule has 0 aromatic carbocycles. The molecule has 1 atom stereocenters. The molecule has 2 N–H and O–H groups in total. The molecule has 0 radical (unpaired) electrons. The van der Waals surface area contributed by atoms with E-state index in [0.29, 0.717) is 18.2 Å². The lowest BCUT2D eigenvalue weighted by Crippen LogP contribution is -2.17. The van der Waals surface area contributed by atoms with Crippen molar-refractivity contribution in [2.24, 2.45) is 0 Å². The van der Waals surface area contributed by atoms with E-state index in [4.69, 9.17) is 15.2 Å². The summed E-state index contributed by atoms with van der Waals surface area (Å²) in [6, 6.07) is 1.86. The number of nitrogens with zero attached hydrogens (tertiary/aromatic N) is 1. The van der Waals surface area contributed by atoms with Crippen LogP contribution in [0.15, 0.2) is 12.3 Å². The lowest BCUT2D eigenvalue weighted by atomic mass is 10.2. The van der Waals surface area contributed by atoms with E-state index in [2.05, 4.69) is 4.98 Å². The summed E-state index contributed by atoms with van der Waals surface area (Å²) in [5.41, 5.74) is 7.23. The minimum atomic E-state index is 0.143. The molecule has 4 nitrogen and oxygen atoms in total. The zero-order valence-corrected chi connectivity index (χ0v) is 8.19. The molecule has 1 saturated heterocycles. The smallest absolute Gasteiger partial charge is 0.216 e. The SMILES string of the molecule is Cc1cc(N)cnc1OC1CCOC1. The molecule has 0 spiro atoms. The molecule has 4 heteroatoms. The maximum Gasteiger partial charge on any atom is 0.216 e. The van der Waals surface area contributed by atoms with Crippen LogP contribution in [0.2, 0.25) is 0 Å². The van der Waals surface area contributed by atoms with E-state index in [9.17, 15) is 0 Å². The van der Waals surface area contributed by atoms with Gasteiger partial charge in [0, 0.05) is 12.0 Å². The Morgan fingerprint density at radius 2 is 2.50 bits per heavy atom. The van der Waals surface area contributed by atoms with Gasteiger partial charge in [-0.3, -0.25) is 0 Å². The highest BCUT2D eigenvalue weighted by Crippen LogP contribution is 2.20. The van der Waals surface area contributed by atoms with Gasteiger partial charge in [-0.25, -0.2) is 4.98 Å². The maximum atomic E-state index is 5.67. The largest absolute Gasteiger partial charge is 0.472 e. The first-order chi connectivity index (χ1) is 6.75. The van der Waals surface area contributed by atoms with E-state index in [1.54, 1.807) is 6.20 Å². The normalized spacial score (nSPS) is 21.1. The molecule has 0 aliphatic carbocycles. The summed E-state index contributed by atoms with van der Waals surface area (Å²) in [5, 5.41) is 0. The number of hydrogen-bond donors (Lipinski definition) is 1. The molecule has 14 heavy (non-hydrogen) atoms. The van der Waals surface area contributed by atoms with E-state index < -0.39 is 0 Å². The number of ether oxygens (including phenoxy) is 2. The van der Waals surface area contributed by atoms with Gasteiger partial charge in [-0.05, 0) is 13.0 Å². The van der Waals surface area contributed by atoms with Crippen molar-refractivity contribution in [2.45, 2.75) is 19.4 Å². The number of nitrogen functional groups attached to an aromatic ring is 1. The molecule has 1 fully saturated rings. The fourth-order valence-electron chi connectivity index (χ4n) is 1.47. The summed E-state index contributed by atoms with van der Waals surface area (Å²) >= 11 is 0. The number of aryl methyl sites for hydroxylation is 1. The van der Waals surface area contributed by atoms with Crippen LogP contribution in [0, 0.1) is 6.92 Å². The standard InChI is InChI=1S/C10H14N2O2/c1-7-4-8(11)5-12-10(7)14-9-2-3-13-6-9/h4-5,9H,2-3,6,11H2,1H3. The molecule has 2 rings (SSSR count). The van der Waals surface area contributed by atoms with E-state index >= 15 is 0 Å². The van der Waals surface area contributed by atoms with Gasteiger partial charge in [0.05, 0.1) is 25.1 Å². The van der Waals surface area contributed by atoms with Gasteiger partial charge in [-0.1, -0.05) is 0 Å². The van der Waals surface area contributed by atoms with Gasteiger partial charge < -0.3 is 15.2 Å². The Bertz CT molecular complexity index is 322. The van der Waals surface area contributed by atoms with Crippen molar-refractivity contribution in [1.82, 2.24) is 4.98 Å². The zero-order chi connectivity index (χ0) is 9.97. The quantitative estimate of drug-likeness (QED) is 0.767. The van der Waals surface area contributed by atoms with Crippen LogP contribution in [-0.4, -0.2) is 24.3 Å². The van der Waals surface area contributed by atoms with Crippen LogP contribution < -0.4 is 10.5 Å². The molecule has 1 unspecified atom stereocenters. The number of hydrogen-bond acceptors (Lipinski definition) is 4. The molecule has 0 bridgehead atoms. The second-order valence-electron chi connectivity index (χ2n) is 3.49. The van der Waals surface area contributed by atoms with Crippen molar-refractivity contribution in [3.63, 3.8) is 0 Å². The van der Waals surface area contributed by atoms with Gasteiger partial charge in [0.15, 0.2) is 0 Å².